The van der Waals surface area contributed by atoms with Crippen LogP contribution in [-0.2, 0) is 0 Å². The average molecular weight is 766 g/mol. The maximum Gasteiger partial charge on any atom is 0.164 e. The van der Waals surface area contributed by atoms with Gasteiger partial charge in [-0.1, -0.05) is 164 Å². The van der Waals surface area contributed by atoms with E-state index in [1.807, 2.05) is 18.2 Å². The second-order valence-electron chi connectivity index (χ2n) is 15.5. The Kier molecular flexibility index (Phi) is 6.89. The van der Waals surface area contributed by atoms with Crippen molar-refractivity contribution in [3.05, 3.63) is 188 Å². The highest BCUT2D eigenvalue weighted by Gasteiger charge is 2.21. The van der Waals surface area contributed by atoms with E-state index in [1.165, 1.54) is 84.8 Å². The number of aromatic nitrogens is 3. The molecule has 0 N–H and O–H groups in total. The highest BCUT2D eigenvalue weighted by atomic mass is 32.1. The lowest BCUT2D eigenvalue weighted by Crippen LogP contribution is -2.01. The maximum absolute atomic E-state index is 5.37. The summed E-state index contributed by atoms with van der Waals surface area (Å²) >= 11 is 1.80. The number of hydrogen-bond acceptors (Lipinski definition) is 4. The monoisotopic (exact) mass is 765 g/mol. The van der Waals surface area contributed by atoms with E-state index in [2.05, 4.69) is 170 Å². The molecule has 0 aliphatic rings. The van der Waals surface area contributed by atoms with Gasteiger partial charge in [0, 0.05) is 36.9 Å². The molecule has 0 atom stereocenters. The standard InChI is InChI=1S/C55H31N3S/c1-2-12-35(13-3-1)53-56-54(58-55(57-53)44-23-11-25-47-52(44)43-19-6-7-24-46(43)59-47)42-18-5-4-17-38(42)37-30-36-29-28-34-15-9-21-40-39-20-8-14-32-26-27-33-16-10-22-41(50(33)48(32)39)45(31-37)51(36)49(34)40/h1-31H. The lowest BCUT2D eigenvalue weighted by molar-refractivity contribution is 1.08. The number of nitrogens with zero attached hydrogens (tertiary/aromatic N) is 3. The quantitative estimate of drug-likeness (QED) is 0.168. The Bertz CT molecular complexity index is 3840. The lowest BCUT2D eigenvalue weighted by Gasteiger charge is -2.18. The Morgan fingerprint density at radius 1 is 0.271 bits per heavy atom. The summed E-state index contributed by atoms with van der Waals surface area (Å²) in [5, 5.41) is 17.5. The average Bonchev–Trinajstić information content (AvgIpc) is 3.69. The molecule has 0 aliphatic carbocycles. The molecule has 13 aromatic rings. The molecule has 0 fully saturated rings. The SMILES string of the molecule is c1ccc(-c2nc(-c3ccccc3-c3cc4ccc5cccc6c7cccc8ccc9cccc(c(c3)c4c56)c9c87)nc(-c3cccc4sc5ccccc5c34)n2)cc1. The van der Waals surface area contributed by atoms with Crippen molar-refractivity contribution in [2.45, 2.75) is 0 Å². The third kappa shape index (κ3) is 4.84. The topological polar surface area (TPSA) is 38.7 Å². The van der Waals surface area contributed by atoms with E-state index < -0.39 is 0 Å². The molecule has 59 heavy (non-hydrogen) atoms. The molecule has 11 aromatic carbocycles. The van der Waals surface area contributed by atoms with Crippen molar-refractivity contribution in [1.29, 1.82) is 0 Å². The first kappa shape index (κ1) is 32.5. The lowest BCUT2D eigenvalue weighted by atomic mass is 9.86. The Hall–Kier alpha value is -7.53. The normalized spacial score (nSPS) is 12.1. The molecule has 272 valence electrons. The number of rotatable bonds is 4. The second kappa shape index (κ2) is 12.5. The van der Waals surface area contributed by atoms with Crippen LogP contribution in [0.1, 0.15) is 0 Å². The zero-order chi connectivity index (χ0) is 38.6. The van der Waals surface area contributed by atoms with E-state index in [4.69, 9.17) is 15.0 Å². The van der Waals surface area contributed by atoms with Crippen molar-refractivity contribution in [3.8, 4) is 45.3 Å². The summed E-state index contributed by atoms with van der Waals surface area (Å²) in [5.74, 6) is 1.96. The second-order valence-corrected chi connectivity index (χ2v) is 16.5. The van der Waals surface area contributed by atoms with Gasteiger partial charge >= 0.3 is 0 Å². The fourth-order valence-corrected chi connectivity index (χ4v) is 10.8. The Balaban J connectivity index is 1.12. The molecule has 0 amide bonds. The molecule has 0 aliphatic heterocycles. The number of fused-ring (bicyclic) bond motifs is 5. The van der Waals surface area contributed by atoms with Crippen molar-refractivity contribution in [2.24, 2.45) is 0 Å². The van der Waals surface area contributed by atoms with Crippen LogP contribution >= 0.6 is 11.3 Å². The van der Waals surface area contributed by atoms with Gasteiger partial charge in [-0.25, -0.2) is 15.0 Å². The van der Waals surface area contributed by atoms with Gasteiger partial charge in [0.25, 0.3) is 0 Å². The smallest absolute Gasteiger partial charge is 0.164 e. The van der Waals surface area contributed by atoms with Crippen LogP contribution in [0.15, 0.2) is 188 Å². The summed E-state index contributed by atoms with van der Waals surface area (Å²) in [4.78, 5) is 15.8. The fourth-order valence-electron chi connectivity index (χ4n) is 9.66. The first-order valence-electron chi connectivity index (χ1n) is 20.0. The van der Waals surface area contributed by atoms with Gasteiger partial charge in [0.1, 0.15) is 0 Å². The summed E-state index contributed by atoms with van der Waals surface area (Å²) in [6.07, 6.45) is 0. The van der Waals surface area contributed by atoms with Gasteiger partial charge in [0.2, 0.25) is 0 Å². The van der Waals surface area contributed by atoms with E-state index in [0.29, 0.717) is 17.5 Å². The summed E-state index contributed by atoms with van der Waals surface area (Å²) in [7, 11) is 0. The van der Waals surface area contributed by atoms with Crippen LogP contribution in [-0.4, -0.2) is 15.0 Å². The first-order chi connectivity index (χ1) is 29.2. The summed E-state index contributed by atoms with van der Waals surface area (Å²) < 4.78 is 2.47. The van der Waals surface area contributed by atoms with Crippen molar-refractivity contribution in [2.75, 3.05) is 0 Å². The number of hydrogen-bond donors (Lipinski definition) is 0. The van der Waals surface area contributed by atoms with Gasteiger partial charge in [0.05, 0.1) is 0 Å². The summed E-state index contributed by atoms with van der Waals surface area (Å²) in [6.45, 7) is 0. The van der Waals surface area contributed by atoms with E-state index in [9.17, 15) is 0 Å². The zero-order valence-corrected chi connectivity index (χ0v) is 32.5. The third-order valence-corrected chi connectivity index (χ3v) is 13.4. The summed E-state index contributed by atoms with van der Waals surface area (Å²) in [6, 6.07) is 68.1. The predicted molar refractivity (Wildman–Crippen MR) is 251 cm³/mol. The van der Waals surface area contributed by atoms with Crippen LogP contribution in [0.5, 0.6) is 0 Å². The minimum atomic E-state index is 0.644. The third-order valence-electron chi connectivity index (χ3n) is 12.2. The molecule has 4 heteroatoms. The molecule has 2 heterocycles. The van der Waals surface area contributed by atoms with Gasteiger partial charge in [-0.05, 0) is 100 Å². The van der Waals surface area contributed by atoms with Gasteiger partial charge in [-0.2, -0.15) is 0 Å². The Morgan fingerprint density at radius 2 is 0.763 bits per heavy atom. The Labute approximate surface area is 342 Å². The van der Waals surface area contributed by atoms with Gasteiger partial charge in [-0.3, -0.25) is 0 Å². The molecule has 2 aromatic heterocycles. The van der Waals surface area contributed by atoms with E-state index in [1.54, 1.807) is 11.3 Å². The van der Waals surface area contributed by atoms with Gasteiger partial charge in [-0.15, -0.1) is 11.3 Å². The molecule has 13 rings (SSSR count). The van der Waals surface area contributed by atoms with Crippen LogP contribution in [0, 0.1) is 0 Å². The van der Waals surface area contributed by atoms with Crippen molar-refractivity contribution in [3.63, 3.8) is 0 Å². The predicted octanol–water partition coefficient (Wildman–Crippen LogP) is 15.3. The highest BCUT2D eigenvalue weighted by molar-refractivity contribution is 7.25. The molecule has 0 radical (unpaired) electrons. The minimum Gasteiger partial charge on any atom is -0.208 e. The number of benzene rings is 10. The van der Waals surface area contributed by atoms with Crippen LogP contribution in [0.4, 0.5) is 0 Å². The van der Waals surface area contributed by atoms with Crippen molar-refractivity contribution >= 4 is 96.1 Å². The van der Waals surface area contributed by atoms with Crippen LogP contribution in [0.3, 0.4) is 0 Å². The maximum atomic E-state index is 5.37. The van der Waals surface area contributed by atoms with Crippen LogP contribution in [0.2, 0.25) is 0 Å². The van der Waals surface area contributed by atoms with E-state index in [-0.39, 0.29) is 0 Å². The molecular formula is C55H31N3S. The van der Waals surface area contributed by atoms with Gasteiger partial charge < -0.3 is 0 Å². The molecule has 0 spiro atoms. The summed E-state index contributed by atoms with van der Waals surface area (Å²) in [5.41, 5.74) is 5.10. The molecular weight excluding hydrogens is 735 g/mol. The fraction of sp³-hybridized carbons (Fsp3) is 0. The number of thiophene rings is 1. The van der Waals surface area contributed by atoms with E-state index >= 15 is 0 Å². The molecule has 3 nitrogen and oxygen atoms in total. The first-order valence-corrected chi connectivity index (χ1v) is 20.8. The zero-order valence-electron chi connectivity index (χ0n) is 31.6. The largest absolute Gasteiger partial charge is 0.208 e. The molecule has 0 unspecified atom stereocenters. The van der Waals surface area contributed by atoms with Crippen LogP contribution < -0.4 is 0 Å². The highest BCUT2D eigenvalue weighted by Crippen LogP contribution is 2.46. The Morgan fingerprint density at radius 3 is 1.47 bits per heavy atom. The molecule has 0 bridgehead atoms. The minimum absolute atomic E-state index is 0.644. The molecule has 0 saturated carbocycles. The molecule has 0 saturated heterocycles. The van der Waals surface area contributed by atoms with Crippen molar-refractivity contribution < 1.29 is 0 Å². The van der Waals surface area contributed by atoms with Crippen LogP contribution in [0.25, 0.3) is 130 Å². The van der Waals surface area contributed by atoms with Gasteiger partial charge in [0.15, 0.2) is 17.5 Å². The van der Waals surface area contributed by atoms with E-state index in [0.717, 1.165) is 27.8 Å². The van der Waals surface area contributed by atoms with Crippen molar-refractivity contribution in [1.82, 2.24) is 15.0 Å².